The van der Waals surface area contributed by atoms with Gasteiger partial charge in [-0.05, 0) is 55.3 Å². The van der Waals surface area contributed by atoms with Gasteiger partial charge in [0.2, 0.25) is 5.91 Å². The van der Waals surface area contributed by atoms with Crippen LogP contribution in [0.4, 0.5) is 21.6 Å². The molecule has 3 aromatic rings. The maximum atomic E-state index is 14.0. The first-order valence-corrected chi connectivity index (χ1v) is 9.45. The molecule has 0 saturated heterocycles. The van der Waals surface area contributed by atoms with Crippen molar-refractivity contribution in [1.82, 2.24) is 9.88 Å². The fourth-order valence-electron chi connectivity index (χ4n) is 2.94. The number of pyridine rings is 1. The molecule has 3 rings (SSSR count). The van der Waals surface area contributed by atoms with Gasteiger partial charge in [0.05, 0.1) is 17.8 Å². The van der Waals surface area contributed by atoms with Crippen LogP contribution in [0.3, 0.4) is 0 Å². The quantitative estimate of drug-likeness (QED) is 0.640. The molecule has 154 valence electrons. The number of halogens is 1. The maximum absolute atomic E-state index is 14.0. The van der Waals surface area contributed by atoms with Crippen molar-refractivity contribution in [2.75, 3.05) is 24.2 Å². The number of likely N-dealkylation sites (N-methyl/N-ethyl adjacent to an activating group) is 1. The lowest BCUT2D eigenvalue weighted by molar-refractivity contribution is -0.116. The first-order valence-electron chi connectivity index (χ1n) is 9.45. The number of nitrogens with one attached hydrogen (secondary N) is 2. The van der Waals surface area contributed by atoms with E-state index in [0.29, 0.717) is 5.69 Å². The van der Waals surface area contributed by atoms with E-state index in [4.69, 9.17) is 0 Å². The predicted molar refractivity (Wildman–Crippen MR) is 115 cm³/mol. The van der Waals surface area contributed by atoms with E-state index in [0.717, 1.165) is 11.1 Å². The third kappa shape index (κ3) is 4.81. The highest BCUT2D eigenvalue weighted by Gasteiger charge is 2.20. The van der Waals surface area contributed by atoms with Gasteiger partial charge >= 0.3 is 0 Å². The van der Waals surface area contributed by atoms with Crippen molar-refractivity contribution in [3.63, 3.8) is 0 Å². The number of benzene rings is 2. The zero-order valence-electron chi connectivity index (χ0n) is 17.1. The summed E-state index contributed by atoms with van der Waals surface area (Å²) in [5.74, 6) is -0.956. The average Bonchev–Trinajstić information content (AvgIpc) is 2.73. The molecule has 0 aliphatic rings. The first kappa shape index (κ1) is 21.0. The molecule has 0 bridgehead atoms. The van der Waals surface area contributed by atoms with Crippen LogP contribution in [0.15, 0.2) is 60.8 Å². The molecule has 2 N–H and O–H groups in total. The van der Waals surface area contributed by atoms with Gasteiger partial charge in [-0.2, -0.15) is 0 Å². The molecule has 7 heteroatoms. The summed E-state index contributed by atoms with van der Waals surface area (Å²) in [4.78, 5) is 30.8. The molecule has 0 spiro atoms. The van der Waals surface area contributed by atoms with Crippen LogP contribution >= 0.6 is 0 Å². The van der Waals surface area contributed by atoms with Crippen molar-refractivity contribution in [3.8, 4) is 0 Å². The summed E-state index contributed by atoms with van der Waals surface area (Å²) >= 11 is 0. The number of aryl methyl sites for hydroxylation is 1. The molecule has 0 radical (unpaired) electrons. The van der Waals surface area contributed by atoms with Crippen LogP contribution in [0.2, 0.25) is 0 Å². The van der Waals surface area contributed by atoms with Crippen LogP contribution in [0.1, 0.15) is 21.5 Å². The van der Waals surface area contributed by atoms with Crippen molar-refractivity contribution < 1.29 is 14.0 Å². The fourth-order valence-corrected chi connectivity index (χ4v) is 2.94. The van der Waals surface area contributed by atoms with E-state index in [9.17, 15) is 14.0 Å². The Balaban J connectivity index is 1.72. The van der Waals surface area contributed by atoms with E-state index in [1.807, 2.05) is 32.0 Å². The van der Waals surface area contributed by atoms with Crippen LogP contribution in [-0.2, 0) is 4.79 Å². The Hall–Kier alpha value is -3.74. The lowest BCUT2D eigenvalue weighted by Crippen LogP contribution is -2.35. The Morgan fingerprint density at radius 2 is 1.73 bits per heavy atom. The van der Waals surface area contributed by atoms with Crippen molar-refractivity contribution >= 4 is 29.0 Å². The van der Waals surface area contributed by atoms with Crippen molar-refractivity contribution in [2.45, 2.75) is 13.8 Å². The number of anilines is 3. The summed E-state index contributed by atoms with van der Waals surface area (Å²) < 4.78 is 14.0. The Morgan fingerprint density at radius 3 is 2.50 bits per heavy atom. The number of carbonyl (C=O) groups excluding carboxylic acids is 2. The van der Waals surface area contributed by atoms with Gasteiger partial charge in [-0.25, -0.2) is 9.37 Å². The summed E-state index contributed by atoms with van der Waals surface area (Å²) in [7, 11) is 1.53. The summed E-state index contributed by atoms with van der Waals surface area (Å²) in [5.41, 5.74) is 3.20. The smallest absolute Gasteiger partial charge is 0.257 e. The molecular formula is C23H23FN4O2. The van der Waals surface area contributed by atoms with Gasteiger partial charge in [-0.1, -0.05) is 24.3 Å². The summed E-state index contributed by atoms with van der Waals surface area (Å²) in [6.45, 7) is 3.75. The standard InChI is InChI=1S/C23H23FN4O2/c1-15-8-6-12-19(16(15)2)26-21(29)14-28(3)23(30)17-9-7-13-25-22(17)27-20-11-5-4-10-18(20)24/h4-13H,14H2,1-3H3,(H,25,27)(H,26,29). The van der Waals surface area contributed by atoms with E-state index < -0.39 is 11.7 Å². The molecular weight excluding hydrogens is 383 g/mol. The average molecular weight is 406 g/mol. The number of para-hydroxylation sites is 1. The SMILES string of the molecule is Cc1cccc(NC(=O)CN(C)C(=O)c2cccnc2Nc2ccccc2F)c1C. The monoisotopic (exact) mass is 406 g/mol. The number of rotatable bonds is 6. The number of hydrogen-bond acceptors (Lipinski definition) is 4. The van der Waals surface area contributed by atoms with Crippen LogP contribution in [-0.4, -0.2) is 35.3 Å². The minimum absolute atomic E-state index is 0.139. The van der Waals surface area contributed by atoms with Gasteiger partial charge in [-0.15, -0.1) is 0 Å². The topological polar surface area (TPSA) is 74.3 Å². The molecule has 0 aliphatic heterocycles. The van der Waals surface area contributed by atoms with Gasteiger partial charge in [0.1, 0.15) is 11.6 Å². The normalized spacial score (nSPS) is 10.4. The highest BCUT2D eigenvalue weighted by molar-refractivity contribution is 6.02. The third-order valence-corrected chi connectivity index (χ3v) is 4.77. The van der Waals surface area contributed by atoms with Crippen molar-refractivity contribution in [2.24, 2.45) is 0 Å². The first-order chi connectivity index (χ1) is 14.4. The highest BCUT2D eigenvalue weighted by Crippen LogP contribution is 2.22. The van der Waals surface area contributed by atoms with Gasteiger partial charge < -0.3 is 15.5 Å². The van der Waals surface area contributed by atoms with E-state index in [1.54, 1.807) is 30.3 Å². The second-order valence-electron chi connectivity index (χ2n) is 6.96. The van der Waals surface area contributed by atoms with Crippen LogP contribution in [0.25, 0.3) is 0 Å². The Labute approximate surface area is 174 Å². The van der Waals surface area contributed by atoms with E-state index in [2.05, 4.69) is 15.6 Å². The van der Waals surface area contributed by atoms with Crippen LogP contribution < -0.4 is 10.6 Å². The van der Waals surface area contributed by atoms with Crippen LogP contribution in [0.5, 0.6) is 0 Å². The molecule has 30 heavy (non-hydrogen) atoms. The van der Waals surface area contributed by atoms with Gasteiger partial charge in [0, 0.05) is 18.9 Å². The van der Waals surface area contributed by atoms with E-state index in [-0.39, 0.29) is 29.5 Å². The number of nitrogens with zero attached hydrogens (tertiary/aromatic N) is 2. The number of amides is 2. The largest absolute Gasteiger partial charge is 0.337 e. The van der Waals surface area contributed by atoms with Crippen LogP contribution in [0, 0.1) is 19.7 Å². The predicted octanol–water partition coefficient (Wildman–Crippen LogP) is 4.29. The zero-order valence-corrected chi connectivity index (χ0v) is 17.1. The lowest BCUT2D eigenvalue weighted by Gasteiger charge is -2.19. The molecule has 0 atom stereocenters. The molecule has 0 unspecified atom stereocenters. The minimum atomic E-state index is -0.456. The van der Waals surface area contributed by atoms with Crippen molar-refractivity contribution in [1.29, 1.82) is 0 Å². The molecule has 2 amide bonds. The van der Waals surface area contributed by atoms with E-state index in [1.165, 1.54) is 24.2 Å². The van der Waals surface area contributed by atoms with Gasteiger partial charge in [0.25, 0.3) is 5.91 Å². The van der Waals surface area contributed by atoms with Gasteiger partial charge in [0.15, 0.2) is 0 Å². The second kappa shape index (κ2) is 9.17. The molecule has 1 heterocycles. The Morgan fingerprint density at radius 1 is 1.00 bits per heavy atom. The zero-order chi connectivity index (χ0) is 21.7. The number of hydrogen-bond donors (Lipinski definition) is 2. The minimum Gasteiger partial charge on any atom is -0.337 e. The molecule has 0 saturated carbocycles. The second-order valence-corrected chi connectivity index (χ2v) is 6.96. The molecule has 2 aromatic carbocycles. The summed E-state index contributed by atoms with van der Waals surface area (Å²) in [6, 6.07) is 15.0. The third-order valence-electron chi connectivity index (χ3n) is 4.77. The highest BCUT2D eigenvalue weighted by atomic mass is 19.1. The fraction of sp³-hybridized carbons (Fsp3) is 0.174. The Kier molecular flexibility index (Phi) is 6.41. The Bertz CT molecular complexity index is 1080. The summed E-state index contributed by atoms with van der Waals surface area (Å²) in [5, 5.41) is 5.69. The maximum Gasteiger partial charge on any atom is 0.257 e. The number of aromatic nitrogens is 1. The van der Waals surface area contributed by atoms with Crippen molar-refractivity contribution in [3.05, 3.63) is 83.3 Å². The lowest BCUT2D eigenvalue weighted by atomic mass is 10.1. The van der Waals surface area contributed by atoms with Gasteiger partial charge in [-0.3, -0.25) is 9.59 Å². The molecule has 6 nitrogen and oxygen atoms in total. The molecule has 0 fully saturated rings. The summed E-state index contributed by atoms with van der Waals surface area (Å²) in [6.07, 6.45) is 1.51. The molecule has 0 aliphatic carbocycles. The van der Waals surface area contributed by atoms with E-state index >= 15 is 0 Å². The number of carbonyl (C=O) groups is 2. The molecule has 1 aromatic heterocycles.